The number of carboxylic acid groups (broad SMARTS) is 1. The third-order valence-electron chi connectivity index (χ3n) is 8.69. The molecular formula is C42H49N5O7. The van der Waals surface area contributed by atoms with E-state index in [4.69, 9.17) is 0 Å². The number of hydrogen-bond acceptors (Lipinski definition) is 7. The molecule has 0 spiro atoms. The molecule has 0 saturated carbocycles. The second-order valence-electron chi connectivity index (χ2n) is 13.6. The predicted octanol–water partition coefficient (Wildman–Crippen LogP) is 3.58. The van der Waals surface area contributed by atoms with E-state index in [2.05, 4.69) is 21.3 Å². The summed E-state index contributed by atoms with van der Waals surface area (Å²) in [6.45, 7) is 3.69. The van der Waals surface area contributed by atoms with Crippen molar-refractivity contribution < 1.29 is 34.2 Å². The van der Waals surface area contributed by atoms with Gasteiger partial charge in [0.1, 0.15) is 17.8 Å². The monoisotopic (exact) mass is 735 g/mol. The second-order valence-corrected chi connectivity index (χ2v) is 13.6. The first kappa shape index (κ1) is 40.8. The molecule has 0 aliphatic carbocycles. The first-order chi connectivity index (χ1) is 26.0. The number of phenols is 1. The molecule has 12 heteroatoms. The Bertz CT molecular complexity index is 1760. The Balaban J connectivity index is 1.42. The molecule has 6 N–H and O–H groups in total. The van der Waals surface area contributed by atoms with Gasteiger partial charge in [0, 0.05) is 19.5 Å². The Kier molecular flexibility index (Phi) is 15.8. The highest BCUT2D eigenvalue weighted by atomic mass is 16.4. The van der Waals surface area contributed by atoms with Crippen molar-refractivity contribution in [2.24, 2.45) is 5.92 Å². The minimum absolute atomic E-state index is 0.00292. The Morgan fingerprint density at radius 1 is 0.574 bits per heavy atom. The molecule has 4 rings (SSSR count). The fraction of sp³-hybridized carbons (Fsp3) is 0.310. The van der Waals surface area contributed by atoms with Gasteiger partial charge in [0.15, 0.2) is 0 Å². The largest absolute Gasteiger partial charge is 0.508 e. The normalized spacial score (nSPS) is 12.7. The maximum absolute atomic E-state index is 13.9. The summed E-state index contributed by atoms with van der Waals surface area (Å²) in [5, 5.41) is 29.9. The van der Waals surface area contributed by atoms with Gasteiger partial charge in [-0.1, -0.05) is 117 Å². The highest BCUT2D eigenvalue weighted by Gasteiger charge is 2.29. The molecule has 4 aromatic carbocycles. The van der Waals surface area contributed by atoms with E-state index in [0.29, 0.717) is 19.5 Å². The van der Waals surface area contributed by atoms with Crippen LogP contribution in [0.3, 0.4) is 0 Å². The zero-order valence-corrected chi connectivity index (χ0v) is 30.6. The number of amides is 4. The molecule has 12 nitrogen and oxygen atoms in total. The van der Waals surface area contributed by atoms with Crippen LogP contribution in [-0.4, -0.2) is 75.9 Å². The molecule has 0 radical (unpaired) electrons. The molecule has 0 fully saturated rings. The van der Waals surface area contributed by atoms with E-state index in [1.54, 1.807) is 48.5 Å². The van der Waals surface area contributed by atoms with E-state index in [1.165, 1.54) is 0 Å². The van der Waals surface area contributed by atoms with E-state index in [-0.39, 0.29) is 24.5 Å². The molecule has 0 unspecified atom stereocenters. The van der Waals surface area contributed by atoms with Crippen molar-refractivity contribution >= 4 is 29.6 Å². The number of benzene rings is 4. The Hall–Kier alpha value is -6.01. The van der Waals surface area contributed by atoms with Crippen LogP contribution in [0.4, 0.5) is 0 Å². The van der Waals surface area contributed by atoms with Crippen LogP contribution in [0.5, 0.6) is 5.75 Å². The number of hydrogen-bond donors (Lipinski definition) is 6. The van der Waals surface area contributed by atoms with Crippen molar-refractivity contribution in [2.75, 3.05) is 13.1 Å². The molecule has 0 heterocycles. The van der Waals surface area contributed by atoms with Gasteiger partial charge in [-0.05, 0) is 53.1 Å². The van der Waals surface area contributed by atoms with Gasteiger partial charge in [-0.3, -0.25) is 24.1 Å². The molecule has 0 bridgehead atoms. The van der Waals surface area contributed by atoms with E-state index >= 15 is 0 Å². The maximum Gasteiger partial charge on any atom is 0.326 e. The highest BCUT2D eigenvalue weighted by Crippen LogP contribution is 2.19. The summed E-state index contributed by atoms with van der Waals surface area (Å²) in [5.74, 6) is -3.41. The molecule has 284 valence electrons. The summed E-state index contributed by atoms with van der Waals surface area (Å²) in [6.07, 6.45) is 0.600. The van der Waals surface area contributed by atoms with Crippen molar-refractivity contribution in [3.05, 3.63) is 138 Å². The predicted molar refractivity (Wildman–Crippen MR) is 205 cm³/mol. The summed E-state index contributed by atoms with van der Waals surface area (Å²) >= 11 is 0. The van der Waals surface area contributed by atoms with E-state index in [0.717, 1.165) is 22.3 Å². The average Bonchev–Trinajstić information content (AvgIpc) is 3.16. The SMILES string of the molecule is CC(C)C[C@H](NC(=O)[C@H](Cc1ccccc1)NC(=O)CNC(=O)CNC(=O)[C@H](Cc1ccc(O)cc1)N(Cc1ccccc1)Cc1ccccc1)C(=O)O. The molecule has 0 aliphatic rings. The molecule has 0 aliphatic heterocycles. The van der Waals surface area contributed by atoms with Gasteiger partial charge in [0.05, 0.1) is 19.1 Å². The Morgan fingerprint density at radius 2 is 1.07 bits per heavy atom. The van der Waals surface area contributed by atoms with Crippen molar-refractivity contribution in [3.8, 4) is 5.75 Å². The van der Waals surface area contributed by atoms with Crippen LogP contribution in [0.2, 0.25) is 0 Å². The Labute approximate surface area is 316 Å². The van der Waals surface area contributed by atoms with Crippen LogP contribution < -0.4 is 21.3 Å². The Morgan fingerprint density at radius 3 is 1.59 bits per heavy atom. The van der Waals surface area contributed by atoms with Gasteiger partial charge in [0.25, 0.3) is 0 Å². The van der Waals surface area contributed by atoms with Crippen LogP contribution >= 0.6 is 0 Å². The van der Waals surface area contributed by atoms with E-state index < -0.39 is 60.8 Å². The number of phenolic OH excluding ortho intramolecular Hbond substituents is 1. The molecule has 3 atom stereocenters. The summed E-state index contributed by atoms with van der Waals surface area (Å²) in [5.41, 5.74) is 3.56. The van der Waals surface area contributed by atoms with Crippen molar-refractivity contribution in [3.63, 3.8) is 0 Å². The van der Waals surface area contributed by atoms with Crippen LogP contribution in [0.25, 0.3) is 0 Å². The minimum Gasteiger partial charge on any atom is -0.508 e. The van der Waals surface area contributed by atoms with Crippen molar-refractivity contribution in [1.29, 1.82) is 0 Å². The molecular weight excluding hydrogens is 686 g/mol. The number of aromatic hydroxyl groups is 1. The van der Waals surface area contributed by atoms with E-state index in [9.17, 15) is 34.2 Å². The fourth-order valence-electron chi connectivity index (χ4n) is 5.95. The molecule has 4 amide bonds. The van der Waals surface area contributed by atoms with Gasteiger partial charge < -0.3 is 31.5 Å². The number of carboxylic acids is 1. The summed E-state index contributed by atoms with van der Waals surface area (Å²) in [4.78, 5) is 67.0. The summed E-state index contributed by atoms with van der Waals surface area (Å²) < 4.78 is 0. The fourth-order valence-corrected chi connectivity index (χ4v) is 5.95. The number of nitrogens with zero attached hydrogens (tertiary/aromatic N) is 1. The van der Waals surface area contributed by atoms with Gasteiger partial charge in [-0.2, -0.15) is 0 Å². The number of nitrogens with one attached hydrogen (secondary N) is 4. The molecule has 4 aromatic rings. The van der Waals surface area contributed by atoms with Gasteiger partial charge in [-0.15, -0.1) is 0 Å². The van der Waals surface area contributed by atoms with Crippen LogP contribution in [0.15, 0.2) is 115 Å². The highest BCUT2D eigenvalue weighted by molar-refractivity contribution is 5.93. The first-order valence-electron chi connectivity index (χ1n) is 18.0. The molecule has 0 aromatic heterocycles. The lowest BCUT2D eigenvalue weighted by Gasteiger charge is -2.31. The van der Waals surface area contributed by atoms with Gasteiger partial charge >= 0.3 is 5.97 Å². The van der Waals surface area contributed by atoms with Gasteiger partial charge in [-0.25, -0.2) is 4.79 Å². The number of aliphatic carboxylic acids is 1. The van der Waals surface area contributed by atoms with Crippen molar-refractivity contribution in [1.82, 2.24) is 26.2 Å². The molecule has 0 saturated heterocycles. The standard InChI is InChI=1S/C42H49N5O7/c1-29(2)22-36(42(53)54)46-40(51)35(23-30-12-6-3-7-13-30)45-39(50)26-43-38(49)25-44-41(52)37(24-31-18-20-34(48)21-19-31)47(27-32-14-8-4-9-15-32)28-33-16-10-5-11-17-33/h3-21,29,35-37,48H,22-28H2,1-2H3,(H,43,49)(H,44,52)(H,45,50)(H,46,51)(H,53,54)/t35-,36-,37-/m0/s1. The van der Waals surface area contributed by atoms with Crippen LogP contribution in [0.1, 0.15) is 42.5 Å². The first-order valence-corrected chi connectivity index (χ1v) is 18.0. The second kappa shape index (κ2) is 20.9. The lowest BCUT2D eigenvalue weighted by Crippen LogP contribution is -2.54. The minimum atomic E-state index is -1.18. The quantitative estimate of drug-likeness (QED) is 0.0798. The lowest BCUT2D eigenvalue weighted by molar-refractivity contribution is -0.142. The number of carbonyl (C=O) groups is 5. The number of carbonyl (C=O) groups excluding carboxylic acids is 4. The van der Waals surface area contributed by atoms with Crippen LogP contribution in [-0.2, 0) is 49.9 Å². The number of rotatable bonds is 20. The summed E-state index contributed by atoms with van der Waals surface area (Å²) in [6, 6.07) is 32.1. The lowest BCUT2D eigenvalue weighted by atomic mass is 10.0. The molecule has 54 heavy (non-hydrogen) atoms. The van der Waals surface area contributed by atoms with E-state index in [1.807, 2.05) is 85.5 Å². The van der Waals surface area contributed by atoms with Crippen molar-refractivity contribution in [2.45, 2.75) is 64.3 Å². The average molecular weight is 736 g/mol. The maximum atomic E-state index is 13.9. The third kappa shape index (κ3) is 13.8. The summed E-state index contributed by atoms with van der Waals surface area (Å²) in [7, 11) is 0. The zero-order valence-electron chi connectivity index (χ0n) is 30.6. The van der Waals surface area contributed by atoms with Gasteiger partial charge in [0.2, 0.25) is 23.6 Å². The van der Waals surface area contributed by atoms with Crippen LogP contribution in [0, 0.1) is 5.92 Å². The third-order valence-corrected chi connectivity index (χ3v) is 8.69. The topological polar surface area (TPSA) is 177 Å². The smallest absolute Gasteiger partial charge is 0.326 e. The zero-order chi connectivity index (χ0) is 38.9.